The topological polar surface area (TPSA) is 80.4 Å². The van der Waals surface area contributed by atoms with Gasteiger partial charge in [0.25, 0.3) is 5.69 Å². The predicted molar refractivity (Wildman–Crippen MR) is 65.9 cm³/mol. The monoisotopic (exact) mass is 301 g/mol. The second-order valence-electron chi connectivity index (χ2n) is 4.37. The van der Waals surface area contributed by atoms with Crippen molar-refractivity contribution in [3.05, 3.63) is 38.3 Å². The van der Waals surface area contributed by atoms with Gasteiger partial charge in [-0.2, -0.15) is 0 Å². The number of carbonyl (C=O) groups is 1. The van der Waals surface area contributed by atoms with Gasteiger partial charge in [-0.15, -0.1) is 0 Å². The van der Waals surface area contributed by atoms with Crippen LogP contribution in [0.25, 0.3) is 0 Å². The Labute approximate surface area is 107 Å². The minimum absolute atomic E-state index is 0.0521. The minimum Gasteiger partial charge on any atom is -0.481 e. The number of hydrogen-bond acceptors (Lipinski definition) is 3. The zero-order valence-electron chi connectivity index (χ0n) is 9.44. The van der Waals surface area contributed by atoms with Crippen LogP contribution < -0.4 is 0 Å². The van der Waals surface area contributed by atoms with Gasteiger partial charge in [0.15, 0.2) is 0 Å². The number of nitrogens with zero attached hydrogens (tertiary/aromatic N) is 1. The Morgan fingerprint density at radius 1 is 1.53 bits per heavy atom. The van der Waals surface area contributed by atoms with E-state index in [2.05, 4.69) is 15.9 Å². The largest absolute Gasteiger partial charge is 0.481 e. The first kappa shape index (κ1) is 13.6. The van der Waals surface area contributed by atoms with Gasteiger partial charge >= 0.3 is 5.97 Å². The summed E-state index contributed by atoms with van der Waals surface area (Å²) in [4.78, 5) is 21.2. The van der Waals surface area contributed by atoms with Gasteiger partial charge in [0.1, 0.15) is 0 Å². The van der Waals surface area contributed by atoms with E-state index in [0.29, 0.717) is 10.0 Å². The maximum atomic E-state index is 11.0. The summed E-state index contributed by atoms with van der Waals surface area (Å²) in [6, 6.07) is 4.61. The Kier molecular flexibility index (Phi) is 3.87. The summed E-state index contributed by atoms with van der Waals surface area (Å²) in [5, 5.41) is 19.8. The molecule has 0 heterocycles. The van der Waals surface area contributed by atoms with Crippen molar-refractivity contribution in [2.45, 2.75) is 20.3 Å². The lowest BCUT2D eigenvalue weighted by atomic mass is 9.86. The van der Waals surface area contributed by atoms with Crippen LogP contribution in [0.4, 0.5) is 5.69 Å². The van der Waals surface area contributed by atoms with E-state index in [0.717, 1.165) is 0 Å². The molecule has 17 heavy (non-hydrogen) atoms. The van der Waals surface area contributed by atoms with Gasteiger partial charge < -0.3 is 5.11 Å². The fourth-order valence-electron chi connectivity index (χ4n) is 1.40. The van der Waals surface area contributed by atoms with Crippen LogP contribution in [0.15, 0.2) is 22.7 Å². The Bertz CT molecular complexity index is 471. The van der Waals surface area contributed by atoms with Gasteiger partial charge in [-0.25, -0.2) is 0 Å². The van der Waals surface area contributed by atoms with Gasteiger partial charge in [-0.05, 0) is 41.8 Å². The van der Waals surface area contributed by atoms with Crippen LogP contribution in [-0.4, -0.2) is 16.0 Å². The van der Waals surface area contributed by atoms with Crippen LogP contribution in [0.5, 0.6) is 0 Å². The average Bonchev–Trinajstić information content (AvgIpc) is 2.20. The maximum absolute atomic E-state index is 11.0. The van der Waals surface area contributed by atoms with Crippen molar-refractivity contribution in [2.24, 2.45) is 5.41 Å². The number of aliphatic carboxylic acids is 1. The summed E-state index contributed by atoms with van der Waals surface area (Å²) in [6.07, 6.45) is 0.227. The third kappa shape index (κ3) is 3.03. The van der Waals surface area contributed by atoms with Gasteiger partial charge in [-0.3, -0.25) is 14.9 Å². The van der Waals surface area contributed by atoms with E-state index in [4.69, 9.17) is 5.11 Å². The van der Waals surface area contributed by atoms with Crippen molar-refractivity contribution in [1.82, 2.24) is 0 Å². The summed E-state index contributed by atoms with van der Waals surface area (Å²) < 4.78 is 0.347. The van der Waals surface area contributed by atoms with E-state index >= 15 is 0 Å². The number of carboxylic acids is 1. The molecule has 1 aromatic rings. The van der Waals surface area contributed by atoms with Crippen LogP contribution in [0.3, 0.4) is 0 Å². The summed E-state index contributed by atoms with van der Waals surface area (Å²) in [6.45, 7) is 3.17. The molecule has 0 aromatic heterocycles. The molecule has 0 atom stereocenters. The molecule has 0 saturated carbocycles. The molecule has 92 valence electrons. The standard InChI is InChI=1S/C11H12BrNO4/c1-11(2,10(14)15)6-7-4-3-5-8(9(7)12)13(16)17/h3-5H,6H2,1-2H3,(H,14,15). The first-order valence-electron chi connectivity index (χ1n) is 4.91. The normalized spacial score (nSPS) is 11.2. The van der Waals surface area contributed by atoms with Crippen molar-refractivity contribution < 1.29 is 14.8 Å². The van der Waals surface area contributed by atoms with E-state index in [-0.39, 0.29) is 12.1 Å². The van der Waals surface area contributed by atoms with E-state index < -0.39 is 16.3 Å². The van der Waals surface area contributed by atoms with Crippen molar-refractivity contribution in [2.75, 3.05) is 0 Å². The molecule has 0 aliphatic carbocycles. The molecule has 0 spiro atoms. The first-order valence-corrected chi connectivity index (χ1v) is 5.70. The summed E-state index contributed by atoms with van der Waals surface area (Å²) >= 11 is 3.15. The third-order valence-corrected chi connectivity index (χ3v) is 3.38. The second kappa shape index (κ2) is 4.83. The van der Waals surface area contributed by atoms with Crippen LogP contribution >= 0.6 is 15.9 Å². The Morgan fingerprint density at radius 2 is 2.12 bits per heavy atom. The highest BCUT2D eigenvalue weighted by molar-refractivity contribution is 9.10. The SMILES string of the molecule is CC(C)(Cc1cccc([N+](=O)[O-])c1Br)C(=O)O. The Balaban J connectivity index is 3.13. The van der Waals surface area contributed by atoms with Gasteiger partial charge in [0.2, 0.25) is 0 Å². The molecule has 1 aromatic carbocycles. The molecular weight excluding hydrogens is 290 g/mol. The molecule has 1 N–H and O–H groups in total. The summed E-state index contributed by atoms with van der Waals surface area (Å²) in [7, 11) is 0. The van der Waals surface area contributed by atoms with E-state index in [1.54, 1.807) is 26.0 Å². The fraction of sp³-hybridized carbons (Fsp3) is 0.364. The van der Waals surface area contributed by atoms with Crippen LogP contribution in [0.2, 0.25) is 0 Å². The van der Waals surface area contributed by atoms with Crippen LogP contribution in [0.1, 0.15) is 19.4 Å². The lowest BCUT2D eigenvalue weighted by Gasteiger charge is -2.19. The number of nitro benzene ring substituents is 1. The quantitative estimate of drug-likeness (QED) is 0.685. The number of hydrogen-bond donors (Lipinski definition) is 1. The van der Waals surface area contributed by atoms with Crippen LogP contribution in [0, 0.1) is 15.5 Å². The van der Waals surface area contributed by atoms with Crippen LogP contribution in [-0.2, 0) is 11.2 Å². The van der Waals surface area contributed by atoms with E-state index in [1.807, 2.05) is 0 Å². The van der Waals surface area contributed by atoms with Crippen molar-refractivity contribution in [3.8, 4) is 0 Å². The van der Waals surface area contributed by atoms with Gasteiger partial charge in [0, 0.05) is 6.07 Å². The third-order valence-electron chi connectivity index (χ3n) is 2.47. The van der Waals surface area contributed by atoms with Gasteiger partial charge in [-0.1, -0.05) is 12.1 Å². The second-order valence-corrected chi connectivity index (χ2v) is 5.17. The number of rotatable bonds is 4. The van der Waals surface area contributed by atoms with Gasteiger partial charge in [0.05, 0.1) is 14.8 Å². The average molecular weight is 302 g/mol. The van der Waals surface area contributed by atoms with E-state index in [1.165, 1.54) is 6.07 Å². The molecule has 5 nitrogen and oxygen atoms in total. The lowest BCUT2D eigenvalue weighted by molar-refractivity contribution is -0.385. The molecule has 0 bridgehead atoms. The highest BCUT2D eigenvalue weighted by Crippen LogP contribution is 2.32. The molecule has 0 fully saturated rings. The number of benzene rings is 1. The summed E-state index contributed by atoms with van der Waals surface area (Å²) in [5.74, 6) is -0.934. The minimum atomic E-state index is -0.961. The van der Waals surface area contributed by atoms with Crippen molar-refractivity contribution >= 4 is 27.6 Å². The molecule has 6 heteroatoms. The summed E-state index contributed by atoms with van der Waals surface area (Å²) in [5.41, 5.74) is -0.395. The Hall–Kier alpha value is -1.43. The number of nitro groups is 1. The molecule has 0 aliphatic heterocycles. The highest BCUT2D eigenvalue weighted by atomic mass is 79.9. The molecule has 0 unspecified atom stereocenters. The molecule has 0 aliphatic rings. The lowest BCUT2D eigenvalue weighted by Crippen LogP contribution is -2.26. The molecular formula is C11H12BrNO4. The van der Waals surface area contributed by atoms with E-state index in [9.17, 15) is 14.9 Å². The number of carboxylic acid groups (broad SMARTS) is 1. The van der Waals surface area contributed by atoms with Crippen molar-refractivity contribution in [1.29, 1.82) is 0 Å². The van der Waals surface area contributed by atoms with Crippen molar-refractivity contribution in [3.63, 3.8) is 0 Å². The molecule has 0 saturated heterocycles. The molecule has 0 amide bonds. The molecule has 1 rings (SSSR count). The first-order chi connectivity index (χ1) is 7.75. The molecule has 0 radical (unpaired) electrons. The smallest absolute Gasteiger partial charge is 0.309 e. The fourth-order valence-corrected chi connectivity index (χ4v) is 1.94. The number of halogens is 1. The zero-order valence-corrected chi connectivity index (χ0v) is 11.0. The highest BCUT2D eigenvalue weighted by Gasteiger charge is 2.29. The zero-order chi connectivity index (χ0) is 13.2. The Morgan fingerprint density at radius 3 is 2.59 bits per heavy atom. The maximum Gasteiger partial charge on any atom is 0.309 e. The predicted octanol–water partition coefficient (Wildman–Crippen LogP) is 3.01.